The van der Waals surface area contributed by atoms with Crippen LogP contribution in [-0.4, -0.2) is 35.4 Å². The molecule has 0 spiro atoms. The predicted octanol–water partition coefficient (Wildman–Crippen LogP) is 4.43. The first-order chi connectivity index (χ1) is 13.9. The van der Waals surface area contributed by atoms with E-state index in [1.807, 2.05) is 0 Å². The number of halogens is 1. The van der Waals surface area contributed by atoms with Crippen LogP contribution in [0.3, 0.4) is 0 Å². The maximum Gasteiger partial charge on any atom is 0.140 e. The van der Waals surface area contributed by atoms with Crippen LogP contribution in [0.2, 0.25) is 0 Å². The molecule has 0 saturated heterocycles. The summed E-state index contributed by atoms with van der Waals surface area (Å²) in [5, 5.41) is 3.46. The van der Waals surface area contributed by atoms with Crippen molar-refractivity contribution in [1.29, 1.82) is 0 Å². The van der Waals surface area contributed by atoms with E-state index in [9.17, 15) is 13.8 Å². The zero-order chi connectivity index (χ0) is 23.1. The number of fused-ring (bicyclic) bond motifs is 2. The van der Waals surface area contributed by atoms with E-state index in [0.29, 0.717) is 27.6 Å². The summed E-state index contributed by atoms with van der Waals surface area (Å²) in [6.07, 6.45) is 9.82. The summed E-state index contributed by atoms with van der Waals surface area (Å²) in [6, 6.07) is 0.626. The summed E-state index contributed by atoms with van der Waals surface area (Å²) in [7, 11) is 0.569. The van der Waals surface area contributed by atoms with Gasteiger partial charge in [0.15, 0.2) is 0 Å². The van der Waals surface area contributed by atoms with Crippen LogP contribution in [0.15, 0.2) is 34.7 Å². The van der Waals surface area contributed by atoms with Crippen LogP contribution in [0.4, 0.5) is 0 Å². The second-order valence-electron chi connectivity index (χ2n) is 9.45. The van der Waals surface area contributed by atoms with Gasteiger partial charge in [-0.05, 0) is 70.4 Å². The number of carbonyl (C=O) groups is 2. The molecule has 2 saturated carbocycles. The molecule has 0 aromatic rings. The van der Waals surface area contributed by atoms with Gasteiger partial charge >= 0.3 is 0 Å². The van der Waals surface area contributed by atoms with Gasteiger partial charge < -0.3 is 14.9 Å². The highest BCUT2D eigenvalue weighted by Crippen LogP contribution is 2.49. The molecule has 0 aromatic heterocycles. The van der Waals surface area contributed by atoms with Crippen LogP contribution >= 0.6 is 15.9 Å². The fourth-order valence-corrected chi connectivity index (χ4v) is 6.45. The minimum Gasteiger partial charge on any atom is -0.316 e. The molecule has 2 fully saturated rings. The lowest BCUT2D eigenvalue weighted by Crippen LogP contribution is -2.50. The second-order valence-corrected chi connectivity index (χ2v) is 11.6. The van der Waals surface area contributed by atoms with Crippen molar-refractivity contribution < 1.29 is 13.8 Å². The van der Waals surface area contributed by atoms with Crippen molar-refractivity contribution in [2.24, 2.45) is 23.2 Å². The van der Waals surface area contributed by atoms with E-state index in [4.69, 9.17) is 0 Å². The van der Waals surface area contributed by atoms with Crippen molar-refractivity contribution in [3.63, 3.8) is 0 Å². The van der Waals surface area contributed by atoms with Gasteiger partial charge in [0.1, 0.15) is 23.6 Å². The summed E-state index contributed by atoms with van der Waals surface area (Å²) in [4.78, 5) is 22.3. The van der Waals surface area contributed by atoms with Gasteiger partial charge in [0.05, 0.1) is 10.4 Å². The Kier molecular flexibility index (Phi) is 10.5. The minimum atomic E-state index is -1.49. The zero-order valence-corrected chi connectivity index (χ0v) is 21.3. The first-order valence-corrected chi connectivity index (χ1v) is 12.3. The van der Waals surface area contributed by atoms with Gasteiger partial charge in [-0.2, -0.15) is 0 Å². The van der Waals surface area contributed by atoms with E-state index in [1.54, 1.807) is 19.9 Å². The number of aldehydes is 2. The van der Waals surface area contributed by atoms with Crippen molar-refractivity contribution in [2.75, 3.05) is 7.05 Å². The molecule has 2 rings (SSSR count). The van der Waals surface area contributed by atoms with Crippen LogP contribution in [0.25, 0.3) is 0 Å². The van der Waals surface area contributed by atoms with Crippen LogP contribution in [0.5, 0.6) is 0 Å². The monoisotopic (exact) mass is 500 g/mol. The molecule has 170 valence electrons. The summed E-state index contributed by atoms with van der Waals surface area (Å²) >= 11 is 3.14. The summed E-state index contributed by atoms with van der Waals surface area (Å²) in [6.45, 7) is 14.9. The molecule has 0 aliphatic heterocycles. The third-order valence-corrected chi connectivity index (χ3v) is 8.13. The Labute approximate surface area is 192 Å². The topological polar surface area (TPSA) is 75.3 Å². The molecular weight excluding hydrogens is 464 g/mol. The van der Waals surface area contributed by atoms with Crippen LogP contribution in [0.1, 0.15) is 53.4 Å². The van der Waals surface area contributed by atoms with E-state index in [0.717, 1.165) is 24.7 Å². The maximum absolute atomic E-state index is 11.8. The molecule has 2 bridgehead atoms. The van der Waals surface area contributed by atoms with Crippen LogP contribution in [-0.2, 0) is 20.6 Å². The lowest BCUT2D eigenvalue weighted by molar-refractivity contribution is -0.120. The quantitative estimate of drug-likeness (QED) is 0.381. The zero-order valence-electron chi connectivity index (χ0n) is 18.9. The lowest BCUT2D eigenvalue weighted by atomic mass is 9.58. The van der Waals surface area contributed by atoms with E-state index in [2.05, 4.69) is 60.0 Å². The Hall–Kier alpha value is -0.890. The van der Waals surface area contributed by atoms with Gasteiger partial charge in [0.2, 0.25) is 0 Å². The highest BCUT2D eigenvalue weighted by Gasteiger charge is 2.44. The van der Waals surface area contributed by atoms with Crippen molar-refractivity contribution in [2.45, 2.75) is 65.0 Å². The SMILES string of the molecule is C=C/C=C(\C(=C)Br)S(=O)NC(C)(C)C=O.CNC1C(C)CC2CC1CC(C)(C=O)C2. The summed E-state index contributed by atoms with van der Waals surface area (Å²) in [5.41, 5.74) is -0.879. The number of carbonyl (C=O) groups excluding carboxylic acids is 2. The molecular formula is C23H37BrN2O3S. The number of hydrogen-bond acceptors (Lipinski definition) is 4. The van der Waals surface area contributed by atoms with Crippen molar-refractivity contribution >= 4 is 39.5 Å². The average molecular weight is 502 g/mol. The Morgan fingerprint density at radius 2 is 1.90 bits per heavy atom. The normalized spacial score (nSPS) is 32.3. The van der Waals surface area contributed by atoms with Gasteiger partial charge in [0.25, 0.3) is 0 Å². The molecule has 5 nitrogen and oxygen atoms in total. The standard InChI is InChI=1S/C13H23NO.C10H14BrNO2S/c1-9-4-10-5-11(12(9)14-3)7-13(2,6-10)8-15;1-5-6-9(8(2)11)15(14)12-10(3,4)7-13/h8-12,14H,4-7H2,1-3H3;5-7,12H,1-2H2,3-4H3/b;9-6+. The fourth-order valence-electron chi connectivity index (χ4n) is 4.82. The van der Waals surface area contributed by atoms with E-state index >= 15 is 0 Å². The molecule has 7 heteroatoms. The molecule has 2 N–H and O–H groups in total. The molecule has 0 aromatic carbocycles. The first kappa shape index (κ1) is 27.1. The van der Waals surface area contributed by atoms with Gasteiger partial charge in [-0.3, -0.25) is 0 Å². The molecule has 0 heterocycles. The molecule has 30 heavy (non-hydrogen) atoms. The highest BCUT2D eigenvalue weighted by molar-refractivity contribution is 9.12. The summed E-state index contributed by atoms with van der Waals surface area (Å²) < 4.78 is 14.9. The number of hydrogen-bond donors (Lipinski definition) is 2. The lowest BCUT2D eigenvalue weighted by Gasteiger charge is -2.49. The van der Waals surface area contributed by atoms with E-state index in [1.165, 1.54) is 25.2 Å². The van der Waals surface area contributed by atoms with Gasteiger partial charge in [-0.15, -0.1) is 0 Å². The Balaban J connectivity index is 0.000000300. The number of nitrogens with one attached hydrogen (secondary N) is 2. The van der Waals surface area contributed by atoms with Crippen LogP contribution < -0.4 is 10.0 Å². The molecule has 2 aliphatic carbocycles. The molecule has 6 atom stereocenters. The largest absolute Gasteiger partial charge is 0.316 e. The van der Waals surface area contributed by atoms with Crippen molar-refractivity contribution in [3.8, 4) is 0 Å². The first-order valence-electron chi connectivity index (χ1n) is 10.4. The number of rotatable bonds is 8. The highest BCUT2D eigenvalue weighted by atomic mass is 79.9. The maximum atomic E-state index is 11.8. The van der Waals surface area contributed by atoms with Crippen molar-refractivity contribution in [1.82, 2.24) is 10.0 Å². The van der Waals surface area contributed by atoms with Crippen molar-refractivity contribution in [3.05, 3.63) is 34.7 Å². The molecule has 2 aliphatic rings. The summed E-state index contributed by atoms with van der Waals surface area (Å²) in [5.74, 6) is 2.28. The average Bonchev–Trinajstić information content (AvgIpc) is 2.65. The fraction of sp³-hybridized carbons (Fsp3) is 0.652. The molecule has 0 amide bonds. The van der Waals surface area contributed by atoms with E-state index < -0.39 is 16.5 Å². The van der Waals surface area contributed by atoms with Gasteiger partial charge in [0, 0.05) is 15.9 Å². The van der Waals surface area contributed by atoms with Gasteiger partial charge in [-0.1, -0.05) is 49.0 Å². The minimum absolute atomic E-state index is 0.0389. The Morgan fingerprint density at radius 3 is 2.37 bits per heavy atom. The number of allylic oxidation sites excluding steroid dienone is 3. The van der Waals surface area contributed by atoms with E-state index in [-0.39, 0.29) is 5.41 Å². The third kappa shape index (κ3) is 7.66. The predicted molar refractivity (Wildman–Crippen MR) is 129 cm³/mol. The van der Waals surface area contributed by atoms with Gasteiger partial charge in [-0.25, -0.2) is 8.93 Å². The Bertz CT molecular complexity index is 705. The molecule has 6 unspecified atom stereocenters. The molecule has 0 radical (unpaired) electrons. The van der Waals surface area contributed by atoms with Crippen LogP contribution in [0, 0.1) is 23.2 Å². The third-order valence-electron chi connectivity index (χ3n) is 5.95. The second kappa shape index (κ2) is 11.7. The Morgan fingerprint density at radius 1 is 1.27 bits per heavy atom. The smallest absolute Gasteiger partial charge is 0.140 e.